The van der Waals surface area contributed by atoms with Gasteiger partial charge in [-0.25, -0.2) is 9.59 Å². The molecule has 0 unspecified atom stereocenters. The lowest BCUT2D eigenvalue weighted by Crippen LogP contribution is -2.38. The topological polar surface area (TPSA) is 83.2 Å². The van der Waals surface area contributed by atoms with Crippen molar-refractivity contribution in [1.82, 2.24) is 14.1 Å². The lowest BCUT2D eigenvalue weighted by Gasteiger charge is -2.08. The van der Waals surface area contributed by atoms with Crippen LogP contribution >= 0.6 is 11.3 Å². The second kappa shape index (κ2) is 8.46. The first kappa shape index (κ1) is 19.8. The van der Waals surface area contributed by atoms with Gasteiger partial charge in [-0.05, 0) is 29.3 Å². The van der Waals surface area contributed by atoms with E-state index in [9.17, 15) is 14.4 Å². The summed E-state index contributed by atoms with van der Waals surface area (Å²) in [5.41, 5.74) is 1.03. The standard InChI is InChI=1S/C22H19N3O4S/c1-24-20-17(19(26)25(22(24)28)14-16-5-3-2-4-6-16)13-18(30-20)21(27)29-12-9-15-7-10-23-11-8-15/h2-8,10-11,13H,9,12,14H2,1H3. The first-order valence-corrected chi connectivity index (χ1v) is 10.2. The van der Waals surface area contributed by atoms with Gasteiger partial charge in [0.1, 0.15) is 9.71 Å². The molecule has 0 aliphatic carbocycles. The number of hydrogen-bond acceptors (Lipinski definition) is 6. The zero-order chi connectivity index (χ0) is 21.1. The van der Waals surface area contributed by atoms with Crippen molar-refractivity contribution in [2.45, 2.75) is 13.0 Å². The van der Waals surface area contributed by atoms with E-state index in [0.29, 0.717) is 21.5 Å². The number of thiophene rings is 1. The quantitative estimate of drug-likeness (QED) is 0.447. The third-order valence-electron chi connectivity index (χ3n) is 4.77. The Bertz CT molecular complexity index is 1310. The fourth-order valence-corrected chi connectivity index (χ4v) is 4.17. The Labute approximate surface area is 175 Å². The number of hydrogen-bond donors (Lipinski definition) is 0. The Morgan fingerprint density at radius 1 is 1.07 bits per heavy atom. The van der Waals surface area contributed by atoms with Crippen LogP contribution in [0.5, 0.6) is 0 Å². The molecular weight excluding hydrogens is 402 g/mol. The molecule has 0 N–H and O–H groups in total. The molecule has 3 heterocycles. The van der Waals surface area contributed by atoms with E-state index in [2.05, 4.69) is 4.98 Å². The fourth-order valence-electron chi connectivity index (χ4n) is 3.17. The lowest BCUT2D eigenvalue weighted by molar-refractivity contribution is 0.0515. The first-order valence-electron chi connectivity index (χ1n) is 9.38. The van der Waals surface area contributed by atoms with E-state index in [-0.39, 0.29) is 13.2 Å². The van der Waals surface area contributed by atoms with E-state index in [4.69, 9.17) is 4.74 Å². The fraction of sp³-hybridized carbons (Fsp3) is 0.182. The van der Waals surface area contributed by atoms with Crippen LogP contribution in [-0.4, -0.2) is 26.7 Å². The van der Waals surface area contributed by atoms with Crippen molar-refractivity contribution in [3.63, 3.8) is 0 Å². The summed E-state index contributed by atoms with van der Waals surface area (Å²) >= 11 is 1.09. The van der Waals surface area contributed by atoms with Gasteiger partial charge in [0.05, 0.1) is 18.5 Å². The zero-order valence-corrected chi connectivity index (χ0v) is 17.1. The number of nitrogens with zero attached hydrogens (tertiary/aromatic N) is 3. The Balaban J connectivity index is 1.59. The molecule has 0 bridgehead atoms. The van der Waals surface area contributed by atoms with Crippen LogP contribution in [0.15, 0.2) is 70.5 Å². The number of carbonyl (C=O) groups is 1. The predicted octanol–water partition coefficient (Wildman–Crippen LogP) is 2.60. The molecule has 152 valence electrons. The average molecular weight is 421 g/mol. The SMILES string of the molecule is Cn1c(=O)n(Cc2ccccc2)c(=O)c2cc(C(=O)OCCc3ccncc3)sc21. The number of pyridine rings is 1. The van der Waals surface area contributed by atoms with Gasteiger partial charge in [-0.15, -0.1) is 11.3 Å². The molecule has 0 saturated carbocycles. The van der Waals surface area contributed by atoms with E-state index < -0.39 is 17.2 Å². The Hall–Kier alpha value is -3.52. The molecule has 0 radical (unpaired) electrons. The van der Waals surface area contributed by atoms with Crippen LogP contribution in [0.4, 0.5) is 0 Å². The summed E-state index contributed by atoms with van der Waals surface area (Å²) in [5, 5.41) is 0.333. The number of aryl methyl sites for hydroxylation is 1. The van der Waals surface area contributed by atoms with Crippen LogP contribution in [0.1, 0.15) is 20.8 Å². The molecule has 0 saturated heterocycles. The van der Waals surface area contributed by atoms with Crippen molar-refractivity contribution >= 4 is 27.5 Å². The number of rotatable bonds is 6. The predicted molar refractivity (Wildman–Crippen MR) is 115 cm³/mol. The molecule has 0 fully saturated rings. The number of ether oxygens (including phenoxy) is 1. The molecule has 0 atom stereocenters. The average Bonchev–Trinajstić information content (AvgIpc) is 3.23. The second-order valence-electron chi connectivity index (χ2n) is 6.79. The normalized spacial score (nSPS) is 11.0. The van der Waals surface area contributed by atoms with Gasteiger partial charge in [-0.2, -0.15) is 0 Å². The van der Waals surface area contributed by atoms with Gasteiger partial charge in [-0.1, -0.05) is 30.3 Å². The Morgan fingerprint density at radius 3 is 2.53 bits per heavy atom. The maximum absolute atomic E-state index is 12.9. The van der Waals surface area contributed by atoms with E-state index in [0.717, 1.165) is 22.5 Å². The van der Waals surface area contributed by atoms with Crippen molar-refractivity contribution in [2.75, 3.05) is 6.61 Å². The monoisotopic (exact) mass is 421 g/mol. The van der Waals surface area contributed by atoms with Gasteiger partial charge < -0.3 is 4.74 Å². The van der Waals surface area contributed by atoms with Crippen molar-refractivity contribution in [2.24, 2.45) is 7.05 Å². The molecule has 0 aliphatic heterocycles. The highest BCUT2D eigenvalue weighted by molar-refractivity contribution is 7.20. The minimum absolute atomic E-state index is 0.170. The largest absolute Gasteiger partial charge is 0.461 e. The maximum Gasteiger partial charge on any atom is 0.348 e. The van der Waals surface area contributed by atoms with Crippen LogP contribution in [0, 0.1) is 0 Å². The van der Waals surface area contributed by atoms with Gasteiger partial charge in [0.2, 0.25) is 0 Å². The van der Waals surface area contributed by atoms with Gasteiger partial charge in [0.25, 0.3) is 5.56 Å². The lowest BCUT2D eigenvalue weighted by atomic mass is 10.2. The summed E-state index contributed by atoms with van der Waals surface area (Å²) in [6.45, 7) is 0.387. The van der Waals surface area contributed by atoms with E-state index >= 15 is 0 Å². The van der Waals surface area contributed by atoms with Gasteiger partial charge >= 0.3 is 11.7 Å². The summed E-state index contributed by atoms with van der Waals surface area (Å²) in [5.74, 6) is -0.508. The van der Waals surface area contributed by atoms with Crippen LogP contribution in [0.2, 0.25) is 0 Å². The number of aromatic nitrogens is 3. The van der Waals surface area contributed by atoms with Crippen molar-refractivity contribution in [3.8, 4) is 0 Å². The molecule has 7 nitrogen and oxygen atoms in total. The molecule has 30 heavy (non-hydrogen) atoms. The highest BCUT2D eigenvalue weighted by atomic mass is 32.1. The molecule has 4 aromatic rings. The van der Waals surface area contributed by atoms with E-state index in [1.165, 1.54) is 15.2 Å². The van der Waals surface area contributed by atoms with Gasteiger partial charge in [0.15, 0.2) is 0 Å². The minimum Gasteiger partial charge on any atom is -0.461 e. The van der Waals surface area contributed by atoms with Crippen molar-refractivity contribution in [3.05, 3.63) is 97.8 Å². The Morgan fingerprint density at radius 2 is 1.80 bits per heavy atom. The molecule has 1 aromatic carbocycles. The van der Waals surface area contributed by atoms with Crippen molar-refractivity contribution in [1.29, 1.82) is 0 Å². The minimum atomic E-state index is -0.508. The summed E-state index contributed by atoms with van der Waals surface area (Å²) < 4.78 is 7.94. The third-order valence-corrected chi connectivity index (χ3v) is 5.96. The highest BCUT2D eigenvalue weighted by Crippen LogP contribution is 2.22. The van der Waals surface area contributed by atoms with Crippen LogP contribution < -0.4 is 11.2 Å². The third kappa shape index (κ3) is 3.95. The number of benzene rings is 1. The first-order chi connectivity index (χ1) is 14.5. The molecular formula is C22H19N3O4S. The molecule has 0 spiro atoms. The molecule has 0 aliphatic rings. The van der Waals surface area contributed by atoms with E-state index in [1.807, 2.05) is 42.5 Å². The summed E-state index contributed by atoms with van der Waals surface area (Å²) in [4.78, 5) is 42.8. The number of fused-ring (bicyclic) bond motifs is 1. The van der Waals surface area contributed by atoms with Crippen molar-refractivity contribution < 1.29 is 9.53 Å². The Kier molecular flexibility index (Phi) is 5.58. The van der Waals surface area contributed by atoms with Crippen LogP contribution in [0.25, 0.3) is 10.2 Å². The van der Waals surface area contributed by atoms with Crippen LogP contribution in [0.3, 0.4) is 0 Å². The smallest absolute Gasteiger partial charge is 0.348 e. The molecule has 3 aromatic heterocycles. The maximum atomic E-state index is 12.9. The zero-order valence-electron chi connectivity index (χ0n) is 16.3. The summed E-state index contributed by atoms with van der Waals surface area (Å²) in [6.07, 6.45) is 3.94. The van der Waals surface area contributed by atoms with E-state index in [1.54, 1.807) is 19.4 Å². The summed E-state index contributed by atoms with van der Waals surface area (Å²) in [6, 6.07) is 14.5. The van der Waals surface area contributed by atoms with Gasteiger partial charge in [-0.3, -0.25) is 18.9 Å². The molecule has 0 amide bonds. The van der Waals surface area contributed by atoms with Gasteiger partial charge in [0, 0.05) is 25.9 Å². The van der Waals surface area contributed by atoms with Crippen LogP contribution in [-0.2, 0) is 24.8 Å². The summed E-state index contributed by atoms with van der Waals surface area (Å²) in [7, 11) is 1.60. The highest BCUT2D eigenvalue weighted by Gasteiger charge is 2.18. The number of esters is 1. The molecule has 8 heteroatoms. The number of carbonyl (C=O) groups excluding carboxylic acids is 1. The second-order valence-corrected chi connectivity index (χ2v) is 7.82. The molecule has 4 rings (SSSR count).